The fourth-order valence-corrected chi connectivity index (χ4v) is 6.92. The normalized spacial score (nSPS) is 20.4. The molecule has 4 rings (SSSR count). The Bertz CT molecular complexity index is 1480. The molecule has 2 aromatic rings. The lowest BCUT2D eigenvalue weighted by Crippen LogP contribution is -2.34. The maximum atomic E-state index is 12.5. The number of carbonyl (C=O) groups excluding carboxylic acids is 1. The SMILES string of the molecule is CCC1=C(C)[C@@H](Cc2[nH]c(Cc3[nH]c(C[C@@H]4NC(O)C(C)=C4CC)c(C)c3CCC(=O)O)c(CCC(=O)O)c2C)NC1=O. The Morgan fingerprint density at radius 3 is 1.70 bits per heavy atom. The molecule has 2 aliphatic heterocycles. The highest BCUT2D eigenvalue weighted by Crippen LogP contribution is 2.32. The van der Waals surface area contributed by atoms with Gasteiger partial charge in [0.2, 0.25) is 5.91 Å². The van der Waals surface area contributed by atoms with Crippen molar-refractivity contribution in [1.29, 1.82) is 0 Å². The van der Waals surface area contributed by atoms with Crippen LogP contribution in [0.2, 0.25) is 0 Å². The summed E-state index contributed by atoms with van der Waals surface area (Å²) in [5, 5.41) is 35.7. The summed E-state index contributed by atoms with van der Waals surface area (Å²) in [6, 6.07) is -0.141. The number of H-pyrrole nitrogens is 2. The zero-order valence-corrected chi connectivity index (χ0v) is 26.2. The molecule has 4 heterocycles. The number of aliphatic carboxylic acids is 2. The van der Waals surface area contributed by atoms with Gasteiger partial charge >= 0.3 is 11.9 Å². The van der Waals surface area contributed by atoms with Gasteiger partial charge in [0.15, 0.2) is 0 Å². The maximum absolute atomic E-state index is 12.5. The average Bonchev–Trinajstić information content (AvgIpc) is 3.59. The third kappa shape index (κ3) is 6.80. The highest BCUT2D eigenvalue weighted by Gasteiger charge is 2.31. The Morgan fingerprint density at radius 2 is 1.26 bits per heavy atom. The van der Waals surface area contributed by atoms with Crippen molar-refractivity contribution in [3.8, 4) is 0 Å². The van der Waals surface area contributed by atoms with E-state index >= 15 is 0 Å². The molecular formula is C33H46N4O6. The van der Waals surface area contributed by atoms with E-state index in [0.717, 1.165) is 68.2 Å². The molecule has 0 saturated heterocycles. The number of amides is 1. The van der Waals surface area contributed by atoms with Crippen molar-refractivity contribution >= 4 is 17.8 Å². The Kier molecular flexibility index (Phi) is 10.0. The number of aliphatic hydroxyl groups excluding tert-OH is 1. The highest BCUT2D eigenvalue weighted by atomic mass is 16.4. The minimum absolute atomic E-state index is 0.00161. The van der Waals surface area contributed by atoms with Crippen LogP contribution in [0.3, 0.4) is 0 Å². The van der Waals surface area contributed by atoms with Gasteiger partial charge in [-0.25, -0.2) is 0 Å². The first-order valence-electron chi connectivity index (χ1n) is 15.3. The number of aromatic amines is 2. The van der Waals surface area contributed by atoms with E-state index in [-0.39, 0.29) is 30.8 Å². The van der Waals surface area contributed by atoms with E-state index in [1.54, 1.807) is 0 Å². The lowest BCUT2D eigenvalue weighted by Gasteiger charge is -2.15. The molecule has 1 unspecified atom stereocenters. The minimum Gasteiger partial charge on any atom is -0.481 e. The van der Waals surface area contributed by atoms with Gasteiger partial charge in [0.05, 0.1) is 6.04 Å². The van der Waals surface area contributed by atoms with Crippen molar-refractivity contribution in [2.24, 2.45) is 0 Å². The minimum atomic E-state index is -0.871. The Hall–Kier alpha value is -3.63. The van der Waals surface area contributed by atoms with Crippen LogP contribution in [0.15, 0.2) is 22.3 Å². The number of hydrogen-bond donors (Lipinski definition) is 7. The quantitative estimate of drug-likeness (QED) is 0.163. The molecule has 0 spiro atoms. The molecular weight excluding hydrogens is 548 g/mol. The number of aliphatic hydroxyl groups is 1. The molecule has 1 amide bonds. The van der Waals surface area contributed by atoms with E-state index in [1.165, 1.54) is 5.57 Å². The van der Waals surface area contributed by atoms with Crippen molar-refractivity contribution < 1.29 is 29.7 Å². The van der Waals surface area contributed by atoms with E-state index < -0.39 is 18.2 Å². The molecule has 43 heavy (non-hydrogen) atoms. The zero-order valence-electron chi connectivity index (χ0n) is 26.2. The summed E-state index contributed by atoms with van der Waals surface area (Å²) < 4.78 is 0. The lowest BCUT2D eigenvalue weighted by molar-refractivity contribution is -0.138. The van der Waals surface area contributed by atoms with Gasteiger partial charge in [-0.1, -0.05) is 19.4 Å². The summed E-state index contributed by atoms with van der Waals surface area (Å²) in [7, 11) is 0. The van der Waals surface area contributed by atoms with Gasteiger partial charge in [0.25, 0.3) is 0 Å². The second kappa shape index (κ2) is 13.3. The molecule has 0 aliphatic carbocycles. The predicted molar refractivity (Wildman–Crippen MR) is 164 cm³/mol. The Balaban J connectivity index is 1.70. The van der Waals surface area contributed by atoms with Crippen molar-refractivity contribution in [1.82, 2.24) is 20.6 Å². The van der Waals surface area contributed by atoms with Crippen LogP contribution in [-0.4, -0.2) is 61.4 Å². The predicted octanol–water partition coefficient (Wildman–Crippen LogP) is 3.91. The van der Waals surface area contributed by atoms with E-state index in [4.69, 9.17) is 0 Å². The van der Waals surface area contributed by atoms with Gasteiger partial charge in [0.1, 0.15) is 6.23 Å². The summed E-state index contributed by atoms with van der Waals surface area (Å²) in [5.74, 6) is -1.77. The molecule has 2 aromatic heterocycles. The number of rotatable bonds is 14. The van der Waals surface area contributed by atoms with Crippen LogP contribution in [-0.2, 0) is 46.5 Å². The van der Waals surface area contributed by atoms with Crippen molar-refractivity contribution in [3.63, 3.8) is 0 Å². The largest absolute Gasteiger partial charge is 0.481 e. The topological polar surface area (TPSA) is 168 Å². The van der Waals surface area contributed by atoms with Crippen LogP contribution in [0.4, 0.5) is 0 Å². The standard InChI is InChI=1S/C33H46N4O6/c1-7-20-19(6)32(42)37-27(20)14-25-18(5)23(10-12-31(40)41)29(35-25)15-28-22(9-11-30(38)39)17(4)24(34-28)13-26-16(3)21(8-2)33(43)36-26/h26-27,32,34-35,37,42H,7-15H2,1-6H3,(H,36,43)(H,38,39)(H,40,41)/t26-,27+,32?/m1/s1. The van der Waals surface area contributed by atoms with Gasteiger partial charge in [-0.3, -0.25) is 19.7 Å². The maximum Gasteiger partial charge on any atom is 0.303 e. The second-order valence-electron chi connectivity index (χ2n) is 12.0. The van der Waals surface area contributed by atoms with Crippen LogP contribution >= 0.6 is 0 Å². The van der Waals surface area contributed by atoms with Crippen LogP contribution in [0.5, 0.6) is 0 Å². The summed E-state index contributed by atoms with van der Waals surface area (Å²) in [5.41, 5.74) is 11.7. The first kappa shape index (κ1) is 32.3. The molecule has 234 valence electrons. The average molecular weight is 595 g/mol. The zero-order chi connectivity index (χ0) is 31.6. The molecule has 0 saturated carbocycles. The third-order valence-corrected chi connectivity index (χ3v) is 9.50. The number of hydrogen-bond acceptors (Lipinski definition) is 5. The van der Waals surface area contributed by atoms with Crippen molar-refractivity contribution in [2.75, 3.05) is 0 Å². The smallest absolute Gasteiger partial charge is 0.303 e. The van der Waals surface area contributed by atoms with Crippen molar-refractivity contribution in [2.45, 2.75) is 118 Å². The number of carboxylic acid groups (broad SMARTS) is 2. The van der Waals surface area contributed by atoms with Gasteiger partial charge < -0.3 is 30.6 Å². The monoisotopic (exact) mass is 594 g/mol. The highest BCUT2D eigenvalue weighted by molar-refractivity contribution is 5.97. The summed E-state index contributed by atoms with van der Waals surface area (Å²) in [4.78, 5) is 42.8. The van der Waals surface area contributed by atoms with Gasteiger partial charge in [-0.15, -0.1) is 0 Å². The number of aromatic nitrogens is 2. The molecule has 0 aromatic carbocycles. The molecule has 3 atom stereocenters. The number of carbonyl (C=O) groups is 3. The molecule has 0 bridgehead atoms. The van der Waals surface area contributed by atoms with Crippen LogP contribution in [0.25, 0.3) is 0 Å². The number of carboxylic acids is 2. The van der Waals surface area contributed by atoms with E-state index in [9.17, 15) is 29.7 Å². The van der Waals surface area contributed by atoms with Crippen LogP contribution in [0, 0.1) is 13.8 Å². The van der Waals surface area contributed by atoms with Gasteiger partial charge in [-0.2, -0.15) is 0 Å². The molecule has 7 N–H and O–H groups in total. The first-order chi connectivity index (χ1) is 20.4. The summed E-state index contributed by atoms with van der Waals surface area (Å²) in [6.07, 6.45) is 3.24. The van der Waals surface area contributed by atoms with Gasteiger partial charge in [-0.05, 0) is 86.8 Å². The lowest BCUT2D eigenvalue weighted by atomic mass is 9.95. The fraction of sp³-hybridized carbons (Fsp3) is 0.545. The molecule has 0 fully saturated rings. The van der Waals surface area contributed by atoms with Gasteiger partial charge in [0, 0.05) is 66.5 Å². The molecule has 10 heteroatoms. The molecule has 10 nitrogen and oxygen atoms in total. The van der Waals surface area contributed by atoms with E-state index in [2.05, 4.69) is 27.5 Å². The van der Waals surface area contributed by atoms with E-state index in [0.29, 0.717) is 38.5 Å². The Morgan fingerprint density at radius 1 is 0.744 bits per heavy atom. The first-order valence-corrected chi connectivity index (χ1v) is 15.3. The Labute approximate surface area is 253 Å². The summed E-state index contributed by atoms with van der Waals surface area (Å²) >= 11 is 0. The number of nitrogens with one attached hydrogen (secondary N) is 4. The van der Waals surface area contributed by atoms with E-state index in [1.807, 2.05) is 34.6 Å². The summed E-state index contributed by atoms with van der Waals surface area (Å²) in [6.45, 7) is 12.0. The molecule has 2 aliphatic rings. The van der Waals surface area contributed by atoms with Crippen LogP contribution < -0.4 is 10.6 Å². The molecule has 0 radical (unpaired) electrons. The van der Waals surface area contributed by atoms with Crippen molar-refractivity contribution in [3.05, 3.63) is 67.3 Å². The second-order valence-corrected chi connectivity index (χ2v) is 12.0. The fourth-order valence-electron chi connectivity index (χ4n) is 6.92. The third-order valence-electron chi connectivity index (χ3n) is 9.50. The van der Waals surface area contributed by atoms with Crippen LogP contribution in [0.1, 0.15) is 98.4 Å².